The third-order valence-corrected chi connectivity index (χ3v) is 2.88. The van der Waals surface area contributed by atoms with E-state index < -0.39 is 0 Å². The summed E-state index contributed by atoms with van der Waals surface area (Å²) in [5.74, 6) is 0. The zero-order valence-electron chi connectivity index (χ0n) is 6.76. The molecule has 0 aliphatic carbocycles. The van der Waals surface area contributed by atoms with E-state index in [0.717, 1.165) is 17.7 Å². The van der Waals surface area contributed by atoms with E-state index in [9.17, 15) is 0 Å². The molecule has 0 amide bonds. The van der Waals surface area contributed by atoms with E-state index >= 15 is 0 Å². The first kappa shape index (κ1) is 10.0. The lowest BCUT2D eigenvalue weighted by atomic mass is 10.3. The van der Waals surface area contributed by atoms with Crippen molar-refractivity contribution in [2.75, 3.05) is 6.61 Å². The first-order chi connectivity index (χ1) is 4.74. The van der Waals surface area contributed by atoms with Crippen molar-refractivity contribution in [1.29, 1.82) is 0 Å². The van der Waals surface area contributed by atoms with Crippen LogP contribution < -0.4 is 0 Å². The number of aliphatic hydroxyl groups is 1. The predicted molar refractivity (Wildman–Crippen MR) is 48.2 cm³/mol. The van der Waals surface area contributed by atoms with Crippen LogP contribution in [0.15, 0.2) is 11.5 Å². The van der Waals surface area contributed by atoms with E-state index in [1.165, 1.54) is 0 Å². The molecule has 2 heteroatoms. The van der Waals surface area contributed by atoms with E-state index in [1.807, 2.05) is 0 Å². The lowest BCUT2D eigenvalue weighted by Crippen LogP contribution is -1.99. The molecular weight excluding hydrogens is 144 g/mol. The van der Waals surface area contributed by atoms with Crippen LogP contribution in [0.3, 0.4) is 0 Å². The van der Waals surface area contributed by atoms with Crippen LogP contribution in [0, 0.1) is 0 Å². The highest BCUT2D eigenvalue weighted by Gasteiger charge is 2.04. The largest absolute Gasteiger partial charge is 0.391 e. The molecule has 60 valence electrons. The Labute approximate surface area is 67.5 Å². The summed E-state index contributed by atoms with van der Waals surface area (Å²) in [6, 6.07) is 0. The summed E-state index contributed by atoms with van der Waals surface area (Å²) in [4.78, 5) is 0.883. The maximum Gasteiger partial charge on any atom is 0.0734 e. The summed E-state index contributed by atoms with van der Waals surface area (Å²) in [5, 5.41) is 9.29. The van der Waals surface area contributed by atoms with Crippen molar-refractivity contribution >= 4 is 11.8 Å². The highest BCUT2D eigenvalue weighted by molar-refractivity contribution is 8.03. The van der Waals surface area contributed by atoms with E-state index in [2.05, 4.69) is 20.4 Å². The molecule has 0 radical (unpaired) electrons. The van der Waals surface area contributed by atoms with Gasteiger partial charge in [-0.15, -0.1) is 11.8 Å². The second-order valence-corrected chi connectivity index (χ2v) is 3.73. The van der Waals surface area contributed by atoms with Gasteiger partial charge in [-0.3, -0.25) is 0 Å². The summed E-state index contributed by atoms with van der Waals surface area (Å²) in [6.07, 6.45) is 2.31. The molecule has 0 atom stereocenters. The molecule has 0 spiro atoms. The highest BCUT2D eigenvalue weighted by Crippen LogP contribution is 2.24. The van der Waals surface area contributed by atoms with Gasteiger partial charge in [0.1, 0.15) is 0 Å². The molecule has 0 unspecified atom stereocenters. The molecule has 0 aliphatic rings. The fourth-order valence-corrected chi connectivity index (χ4v) is 1.61. The van der Waals surface area contributed by atoms with Crippen LogP contribution in [-0.2, 0) is 0 Å². The average Bonchev–Trinajstić information content (AvgIpc) is 1.99. The topological polar surface area (TPSA) is 20.2 Å². The Hall–Kier alpha value is 0.0500. The van der Waals surface area contributed by atoms with E-state index in [0.29, 0.717) is 5.25 Å². The monoisotopic (exact) mass is 160 g/mol. The number of hydrogen-bond acceptors (Lipinski definition) is 2. The summed E-state index contributed by atoms with van der Waals surface area (Å²) < 4.78 is 0. The molecule has 0 fully saturated rings. The second kappa shape index (κ2) is 5.81. The molecule has 0 saturated heterocycles. The van der Waals surface area contributed by atoms with Crippen LogP contribution >= 0.6 is 11.8 Å². The van der Waals surface area contributed by atoms with Gasteiger partial charge in [-0.1, -0.05) is 20.4 Å². The van der Waals surface area contributed by atoms with Gasteiger partial charge in [0.25, 0.3) is 0 Å². The summed E-state index contributed by atoms with van der Waals surface area (Å²) in [6.45, 7) is 8.15. The van der Waals surface area contributed by atoms with E-state index in [1.54, 1.807) is 11.8 Å². The van der Waals surface area contributed by atoms with Crippen molar-refractivity contribution in [2.24, 2.45) is 0 Å². The molecular formula is C8H16OS. The van der Waals surface area contributed by atoms with E-state index in [-0.39, 0.29) is 6.61 Å². The molecule has 0 saturated carbocycles. The number of aliphatic hydroxyl groups excluding tert-OH is 1. The fourth-order valence-electron chi connectivity index (χ4n) is 0.728. The van der Waals surface area contributed by atoms with Crippen LogP contribution in [0.5, 0.6) is 0 Å². The van der Waals surface area contributed by atoms with Gasteiger partial charge < -0.3 is 5.11 Å². The van der Waals surface area contributed by atoms with Gasteiger partial charge >= 0.3 is 0 Å². The lowest BCUT2D eigenvalue weighted by Gasteiger charge is -2.11. The van der Waals surface area contributed by atoms with Crippen molar-refractivity contribution in [1.82, 2.24) is 0 Å². The zero-order valence-corrected chi connectivity index (χ0v) is 7.58. The fraction of sp³-hybridized carbons (Fsp3) is 0.750. The standard InChI is InChI=1S/C8H16OS/c1-4-8(5-2)10-7(3)6-9/h8-9H,3-6H2,1-2H3. The Bertz CT molecular complexity index is 97.4. The molecule has 0 aromatic rings. The number of rotatable bonds is 5. The molecule has 1 N–H and O–H groups in total. The van der Waals surface area contributed by atoms with Gasteiger partial charge in [0, 0.05) is 10.2 Å². The van der Waals surface area contributed by atoms with Crippen molar-refractivity contribution in [2.45, 2.75) is 31.9 Å². The van der Waals surface area contributed by atoms with Gasteiger partial charge in [0.2, 0.25) is 0 Å². The molecule has 0 aromatic heterocycles. The summed E-state index contributed by atoms with van der Waals surface area (Å²) >= 11 is 1.70. The Morgan fingerprint density at radius 2 is 2.00 bits per heavy atom. The zero-order chi connectivity index (χ0) is 7.98. The first-order valence-electron chi connectivity index (χ1n) is 3.69. The van der Waals surface area contributed by atoms with Crippen LogP contribution in [0.25, 0.3) is 0 Å². The number of hydrogen-bond donors (Lipinski definition) is 1. The third kappa shape index (κ3) is 3.96. The smallest absolute Gasteiger partial charge is 0.0734 e. The maximum atomic E-state index is 8.65. The molecule has 1 nitrogen and oxygen atoms in total. The SMILES string of the molecule is C=C(CO)SC(CC)CC. The average molecular weight is 160 g/mol. The summed E-state index contributed by atoms with van der Waals surface area (Å²) in [5.41, 5.74) is 0. The van der Waals surface area contributed by atoms with Gasteiger partial charge in [-0.05, 0) is 12.8 Å². The van der Waals surface area contributed by atoms with Gasteiger partial charge in [-0.2, -0.15) is 0 Å². The van der Waals surface area contributed by atoms with Crippen molar-refractivity contribution in [3.63, 3.8) is 0 Å². The van der Waals surface area contributed by atoms with Crippen LogP contribution in [-0.4, -0.2) is 17.0 Å². The van der Waals surface area contributed by atoms with E-state index in [4.69, 9.17) is 5.11 Å². The van der Waals surface area contributed by atoms with Gasteiger partial charge in [-0.25, -0.2) is 0 Å². The maximum absolute atomic E-state index is 8.65. The van der Waals surface area contributed by atoms with Crippen molar-refractivity contribution < 1.29 is 5.11 Å². The lowest BCUT2D eigenvalue weighted by molar-refractivity contribution is 0.340. The second-order valence-electron chi connectivity index (χ2n) is 2.25. The normalized spacial score (nSPS) is 10.4. The van der Waals surface area contributed by atoms with Crippen molar-refractivity contribution in [3.05, 3.63) is 11.5 Å². The van der Waals surface area contributed by atoms with Crippen LogP contribution in [0.1, 0.15) is 26.7 Å². The minimum atomic E-state index is 0.112. The third-order valence-electron chi connectivity index (χ3n) is 1.42. The molecule has 10 heavy (non-hydrogen) atoms. The van der Waals surface area contributed by atoms with Crippen LogP contribution in [0.2, 0.25) is 0 Å². The predicted octanol–water partition coefficient (Wildman–Crippen LogP) is 2.41. The Balaban J connectivity index is 3.52. The van der Waals surface area contributed by atoms with Gasteiger partial charge in [0.05, 0.1) is 6.61 Å². The first-order valence-corrected chi connectivity index (χ1v) is 4.57. The quantitative estimate of drug-likeness (QED) is 0.666. The Kier molecular flexibility index (Phi) is 5.84. The number of thioether (sulfide) groups is 1. The summed E-state index contributed by atoms with van der Waals surface area (Å²) in [7, 11) is 0. The molecule has 0 aromatic carbocycles. The molecule has 0 aliphatic heterocycles. The Morgan fingerprint density at radius 3 is 2.30 bits per heavy atom. The minimum Gasteiger partial charge on any atom is -0.391 e. The Morgan fingerprint density at radius 1 is 1.50 bits per heavy atom. The van der Waals surface area contributed by atoms with Gasteiger partial charge in [0.15, 0.2) is 0 Å². The molecule has 0 bridgehead atoms. The van der Waals surface area contributed by atoms with Crippen molar-refractivity contribution in [3.8, 4) is 0 Å². The molecule has 0 rings (SSSR count). The minimum absolute atomic E-state index is 0.112. The highest BCUT2D eigenvalue weighted by atomic mass is 32.2. The molecule has 0 heterocycles. The van der Waals surface area contributed by atoms with Crippen LogP contribution in [0.4, 0.5) is 0 Å².